The molecule has 0 unspecified atom stereocenters. The molecule has 39 heavy (non-hydrogen) atoms. The van der Waals surface area contributed by atoms with Crippen molar-refractivity contribution in [2.24, 2.45) is 5.41 Å². The predicted molar refractivity (Wildman–Crippen MR) is 143 cm³/mol. The van der Waals surface area contributed by atoms with E-state index in [9.17, 15) is 4.79 Å². The molecule has 0 bridgehead atoms. The first-order valence-corrected chi connectivity index (χ1v) is 12.9. The number of carbonyl (C=O) groups is 1. The monoisotopic (exact) mass is 526 g/mol. The van der Waals surface area contributed by atoms with E-state index in [0.717, 1.165) is 16.9 Å². The lowest BCUT2D eigenvalue weighted by molar-refractivity contribution is -0.118. The van der Waals surface area contributed by atoms with Gasteiger partial charge in [-0.3, -0.25) is 4.79 Å². The Bertz CT molecular complexity index is 1640. The zero-order chi connectivity index (χ0) is 27.3. The van der Waals surface area contributed by atoms with E-state index in [0.29, 0.717) is 58.6 Å². The Balaban J connectivity index is 1.49. The molecule has 0 N–H and O–H groups in total. The topological polar surface area (TPSA) is 97.1 Å². The molecule has 0 saturated heterocycles. The molecule has 0 radical (unpaired) electrons. The Labute approximate surface area is 226 Å². The van der Waals surface area contributed by atoms with Crippen LogP contribution in [0.5, 0.6) is 23.1 Å². The van der Waals surface area contributed by atoms with Crippen LogP contribution in [0.1, 0.15) is 55.1 Å². The van der Waals surface area contributed by atoms with Gasteiger partial charge in [-0.25, -0.2) is 14.5 Å². The van der Waals surface area contributed by atoms with Crippen LogP contribution in [0.3, 0.4) is 0 Å². The molecule has 9 nitrogen and oxygen atoms in total. The highest BCUT2D eigenvalue weighted by molar-refractivity contribution is 6.00. The highest BCUT2D eigenvalue weighted by atomic mass is 16.5. The number of aryl methyl sites for hydroxylation is 1. The molecule has 0 spiro atoms. The summed E-state index contributed by atoms with van der Waals surface area (Å²) < 4.78 is 25.0. The molecule has 0 amide bonds. The summed E-state index contributed by atoms with van der Waals surface area (Å²) in [5.74, 6) is 3.11. The molecule has 2 aromatic heterocycles. The van der Waals surface area contributed by atoms with E-state index in [2.05, 4.69) is 23.9 Å². The minimum Gasteiger partial charge on any atom is -0.493 e. The van der Waals surface area contributed by atoms with Gasteiger partial charge in [0.15, 0.2) is 28.8 Å². The Kier molecular flexibility index (Phi) is 6.01. The highest BCUT2D eigenvalue weighted by Crippen LogP contribution is 2.51. The average Bonchev–Trinajstić information content (AvgIpc) is 3.33. The van der Waals surface area contributed by atoms with Crippen LogP contribution in [0.4, 0.5) is 0 Å². The van der Waals surface area contributed by atoms with Crippen molar-refractivity contribution in [1.82, 2.24) is 19.6 Å². The van der Waals surface area contributed by atoms with Gasteiger partial charge in [0.2, 0.25) is 5.88 Å². The van der Waals surface area contributed by atoms with Crippen molar-refractivity contribution < 1.29 is 23.7 Å². The van der Waals surface area contributed by atoms with Crippen LogP contribution in [0, 0.1) is 12.3 Å². The molecule has 9 heteroatoms. The number of para-hydroxylation sites is 1. The van der Waals surface area contributed by atoms with Gasteiger partial charge in [0.1, 0.15) is 24.4 Å². The molecule has 4 aromatic rings. The third-order valence-electron chi connectivity index (χ3n) is 7.30. The molecule has 1 aliphatic heterocycles. The van der Waals surface area contributed by atoms with Crippen molar-refractivity contribution in [3.05, 3.63) is 82.6 Å². The molecule has 1 atom stereocenters. The standard InChI is InChI=1S/C30H30N4O5/c1-17-8-6-7-9-20(17)38-15-24-32-28-27-25(18-10-11-21(36-4)22(12-18)37-5)26-19(35)13-30(2,3)14-23(26)39-29(27)31-16-34(28)33-24/h6-12,16,25H,13-15H2,1-5H3/t25-/m1/s1. The van der Waals surface area contributed by atoms with Crippen molar-refractivity contribution >= 4 is 11.4 Å². The third kappa shape index (κ3) is 4.37. The van der Waals surface area contributed by atoms with E-state index in [1.807, 2.05) is 49.4 Å². The normalized spacial score (nSPS) is 17.9. The number of nitrogens with zero attached hydrogens (tertiary/aromatic N) is 4. The van der Waals surface area contributed by atoms with E-state index in [-0.39, 0.29) is 17.8 Å². The molecule has 0 fully saturated rings. The SMILES string of the molecule is COc1ccc([C@@H]2C3=C(CC(C)(C)CC3=O)Oc3ncn4nc(COc5ccccc5C)nc4c32)cc1OC. The Hall–Kier alpha value is -4.40. The molecule has 1 aliphatic carbocycles. The zero-order valence-electron chi connectivity index (χ0n) is 22.6. The second-order valence-electron chi connectivity index (χ2n) is 10.7. The number of hydrogen-bond acceptors (Lipinski definition) is 8. The van der Waals surface area contributed by atoms with Crippen LogP contribution in [0.25, 0.3) is 5.65 Å². The van der Waals surface area contributed by atoms with E-state index in [4.69, 9.17) is 23.9 Å². The lowest BCUT2D eigenvalue weighted by Crippen LogP contribution is -2.33. The first-order valence-electron chi connectivity index (χ1n) is 12.9. The number of benzene rings is 2. The minimum atomic E-state index is -0.460. The number of Topliss-reactive ketones (excluding diaryl/α,β-unsaturated/α-hetero) is 1. The molecule has 2 aromatic carbocycles. The quantitative estimate of drug-likeness (QED) is 0.338. The van der Waals surface area contributed by atoms with Crippen molar-refractivity contribution in [3.63, 3.8) is 0 Å². The maximum Gasteiger partial charge on any atom is 0.228 e. The maximum atomic E-state index is 13.7. The fourth-order valence-electron chi connectivity index (χ4n) is 5.48. The van der Waals surface area contributed by atoms with Crippen LogP contribution < -0.4 is 18.9 Å². The fraction of sp³-hybridized carbons (Fsp3) is 0.333. The molecule has 6 rings (SSSR count). The van der Waals surface area contributed by atoms with Crippen molar-refractivity contribution in [3.8, 4) is 23.1 Å². The zero-order valence-corrected chi connectivity index (χ0v) is 22.6. The van der Waals surface area contributed by atoms with Crippen LogP contribution in [0.2, 0.25) is 0 Å². The number of rotatable bonds is 6. The Morgan fingerprint density at radius 3 is 2.62 bits per heavy atom. The van der Waals surface area contributed by atoms with Crippen LogP contribution >= 0.6 is 0 Å². The first kappa shape index (κ1) is 24.9. The molecular weight excluding hydrogens is 496 g/mol. The molecular formula is C30H30N4O5. The number of methoxy groups -OCH3 is 2. The summed E-state index contributed by atoms with van der Waals surface area (Å²) in [4.78, 5) is 23.1. The number of hydrogen-bond donors (Lipinski definition) is 0. The van der Waals surface area contributed by atoms with E-state index < -0.39 is 5.92 Å². The summed E-state index contributed by atoms with van der Waals surface area (Å²) in [6.07, 6.45) is 2.64. The van der Waals surface area contributed by atoms with E-state index in [1.54, 1.807) is 25.1 Å². The molecule has 0 saturated carbocycles. The lowest BCUT2D eigenvalue weighted by atomic mass is 9.70. The number of aromatic nitrogens is 4. The molecule has 3 heterocycles. The van der Waals surface area contributed by atoms with E-state index >= 15 is 0 Å². The summed E-state index contributed by atoms with van der Waals surface area (Å²) in [7, 11) is 3.19. The molecule has 200 valence electrons. The van der Waals surface area contributed by atoms with Gasteiger partial charge in [-0.15, -0.1) is 5.10 Å². The summed E-state index contributed by atoms with van der Waals surface area (Å²) in [5, 5.41) is 4.62. The second-order valence-corrected chi connectivity index (χ2v) is 10.7. The van der Waals surface area contributed by atoms with Gasteiger partial charge in [-0.1, -0.05) is 38.1 Å². The summed E-state index contributed by atoms with van der Waals surface area (Å²) in [6, 6.07) is 13.5. The van der Waals surface area contributed by atoms with Gasteiger partial charge >= 0.3 is 0 Å². The van der Waals surface area contributed by atoms with Crippen LogP contribution in [-0.4, -0.2) is 39.6 Å². The van der Waals surface area contributed by atoms with Gasteiger partial charge in [0.25, 0.3) is 0 Å². The van der Waals surface area contributed by atoms with Gasteiger partial charge in [-0.05, 0) is 41.7 Å². The second kappa shape index (κ2) is 9.41. The van der Waals surface area contributed by atoms with Crippen molar-refractivity contribution in [2.45, 2.75) is 46.1 Å². The molecule has 2 aliphatic rings. The summed E-state index contributed by atoms with van der Waals surface area (Å²) >= 11 is 0. The Morgan fingerprint density at radius 1 is 1.05 bits per heavy atom. The predicted octanol–water partition coefficient (Wildman–Crippen LogP) is 5.20. The number of fused-ring (bicyclic) bond motifs is 3. The van der Waals surface area contributed by atoms with Crippen LogP contribution in [-0.2, 0) is 11.4 Å². The van der Waals surface area contributed by atoms with Crippen LogP contribution in [0.15, 0.2) is 60.1 Å². The largest absolute Gasteiger partial charge is 0.493 e. The minimum absolute atomic E-state index is 0.0521. The lowest BCUT2D eigenvalue weighted by Gasteiger charge is -2.37. The van der Waals surface area contributed by atoms with E-state index in [1.165, 1.54) is 0 Å². The number of allylic oxidation sites excluding steroid dienone is 2. The summed E-state index contributed by atoms with van der Waals surface area (Å²) in [5.41, 5.74) is 3.55. The van der Waals surface area contributed by atoms with Crippen molar-refractivity contribution in [2.75, 3.05) is 14.2 Å². The smallest absolute Gasteiger partial charge is 0.228 e. The maximum absolute atomic E-state index is 13.7. The average molecular weight is 527 g/mol. The number of carbonyl (C=O) groups excluding carboxylic acids is 1. The third-order valence-corrected chi connectivity index (χ3v) is 7.30. The highest BCUT2D eigenvalue weighted by Gasteiger charge is 2.44. The van der Waals surface area contributed by atoms with Gasteiger partial charge < -0.3 is 18.9 Å². The van der Waals surface area contributed by atoms with Gasteiger partial charge in [0, 0.05) is 18.4 Å². The van der Waals surface area contributed by atoms with Gasteiger partial charge in [-0.2, -0.15) is 0 Å². The first-order chi connectivity index (χ1) is 18.8. The Morgan fingerprint density at radius 2 is 1.85 bits per heavy atom. The fourth-order valence-corrected chi connectivity index (χ4v) is 5.48. The summed E-state index contributed by atoms with van der Waals surface area (Å²) in [6.45, 7) is 6.33. The van der Waals surface area contributed by atoms with Gasteiger partial charge in [0.05, 0.1) is 25.7 Å². The number of ether oxygens (including phenoxy) is 4. The van der Waals surface area contributed by atoms with Crippen molar-refractivity contribution in [1.29, 1.82) is 0 Å². The number of ketones is 1.